The summed E-state index contributed by atoms with van der Waals surface area (Å²) in [7, 11) is 2.01. The number of anilines is 1. The summed E-state index contributed by atoms with van der Waals surface area (Å²) in [5.41, 5.74) is 1.52. The summed E-state index contributed by atoms with van der Waals surface area (Å²) >= 11 is 5.64. The fraction of sp³-hybridized carbons (Fsp3) is 0.389. The van der Waals surface area contributed by atoms with Crippen LogP contribution < -0.4 is 10.2 Å². The molecule has 1 aromatic carbocycles. The van der Waals surface area contributed by atoms with Crippen molar-refractivity contribution in [3.8, 4) is 0 Å². The van der Waals surface area contributed by atoms with Crippen LogP contribution >= 0.6 is 11.6 Å². The monoisotopic (exact) mass is 351 g/mol. The smallest absolute Gasteiger partial charge is 0.142 e. The molecule has 0 unspecified atom stereocenters. The lowest BCUT2D eigenvalue weighted by atomic mass is 10.1. The number of hydrogen-bond acceptors (Lipinski definition) is 4. The van der Waals surface area contributed by atoms with Gasteiger partial charge in [0.15, 0.2) is 0 Å². The summed E-state index contributed by atoms with van der Waals surface area (Å²) in [6, 6.07) is 8.69. The average Bonchev–Trinajstić information content (AvgIpc) is 2.57. The van der Waals surface area contributed by atoms with E-state index in [9.17, 15) is 9.50 Å². The zero-order valence-corrected chi connectivity index (χ0v) is 14.9. The SMILES string of the molecule is CC(C)N(C)c1ccc(CNC[C@@H](O)c2ccc(Cl)c(F)c2)cn1. The molecule has 0 aliphatic carbocycles. The van der Waals surface area contributed by atoms with Gasteiger partial charge in [-0.3, -0.25) is 0 Å². The van der Waals surface area contributed by atoms with Gasteiger partial charge in [-0.25, -0.2) is 9.37 Å². The quantitative estimate of drug-likeness (QED) is 0.801. The Bertz CT molecular complexity index is 664. The van der Waals surface area contributed by atoms with E-state index in [4.69, 9.17) is 11.6 Å². The maximum absolute atomic E-state index is 13.4. The zero-order chi connectivity index (χ0) is 17.7. The van der Waals surface area contributed by atoms with Gasteiger partial charge in [-0.15, -0.1) is 0 Å². The summed E-state index contributed by atoms with van der Waals surface area (Å²) in [6.07, 6.45) is 1.02. The molecule has 24 heavy (non-hydrogen) atoms. The zero-order valence-electron chi connectivity index (χ0n) is 14.1. The summed E-state index contributed by atoms with van der Waals surface area (Å²) < 4.78 is 13.4. The highest BCUT2D eigenvalue weighted by atomic mass is 35.5. The van der Waals surface area contributed by atoms with Gasteiger partial charge in [0.2, 0.25) is 0 Å². The van der Waals surface area contributed by atoms with Crippen molar-refractivity contribution in [2.75, 3.05) is 18.5 Å². The standard InChI is InChI=1S/C18H23ClFN3O/c1-12(2)23(3)18-7-4-13(10-22-18)9-21-11-17(24)14-5-6-15(19)16(20)8-14/h4-8,10,12,17,21,24H,9,11H2,1-3H3/t17-/m1/s1. The van der Waals surface area contributed by atoms with E-state index in [0.717, 1.165) is 11.4 Å². The van der Waals surface area contributed by atoms with Crippen molar-refractivity contribution in [1.82, 2.24) is 10.3 Å². The molecule has 130 valence electrons. The van der Waals surface area contributed by atoms with E-state index in [2.05, 4.69) is 29.0 Å². The number of hydrogen-bond donors (Lipinski definition) is 2. The summed E-state index contributed by atoms with van der Waals surface area (Å²) in [5.74, 6) is 0.396. The van der Waals surface area contributed by atoms with E-state index >= 15 is 0 Å². The molecule has 1 heterocycles. The topological polar surface area (TPSA) is 48.4 Å². The van der Waals surface area contributed by atoms with Crippen LogP contribution in [0.15, 0.2) is 36.5 Å². The highest BCUT2D eigenvalue weighted by Crippen LogP contribution is 2.20. The molecule has 4 nitrogen and oxygen atoms in total. The fourth-order valence-corrected chi connectivity index (χ4v) is 2.30. The molecule has 0 fully saturated rings. The summed E-state index contributed by atoms with van der Waals surface area (Å²) in [4.78, 5) is 6.53. The predicted molar refractivity (Wildman–Crippen MR) is 95.9 cm³/mol. The van der Waals surface area contributed by atoms with E-state index in [1.807, 2.05) is 25.4 Å². The largest absolute Gasteiger partial charge is 0.387 e. The van der Waals surface area contributed by atoms with Crippen molar-refractivity contribution in [2.24, 2.45) is 0 Å². The molecule has 2 aromatic rings. The molecule has 0 bridgehead atoms. The molecule has 0 saturated carbocycles. The van der Waals surface area contributed by atoms with E-state index in [1.165, 1.54) is 12.1 Å². The first kappa shape index (κ1) is 18.6. The van der Waals surface area contributed by atoms with Crippen LogP contribution in [-0.2, 0) is 6.54 Å². The predicted octanol–water partition coefficient (Wildman–Crippen LogP) is 3.54. The van der Waals surface area contributed by atoms with Crippen molar-refractivity contribution < 1.29 is 9.50 Å². The second kappa shape index (κ2) is 8.42. The molecule has 0 saturated heterocycles. The van der Waals surface area contributed by atoms with Gasteiger partial charge in [0.05, 0.1) is 11.1 Å². The number of pyridine rings is 1. The minimum atomic E-state index is -0.795. The van der Waals surface area contributed by atoms with Crippen LogP contribution in [-0.4, -0.2) is 29.7 Å². The number of benzene rings is 1. The number of halogens is 2. The minimum Gasteiger partial charge on any atom is -0.387 e. The molecule has 0 radical (unpaired) electrons. The van der Waals surface area contributed by atoms with Gasteiger partial charge in [-0.1, -0.05) is 23.7 Å². The number of aliphatic hydroxyl groups excluding tert-OH is 1. The molecule has 0 spiro atoms. The van der Waals surface area contributed by atoms with Gasteiger partial charge < -0.3 is 15.3 Å². The Morgan fingerprint density at radius 2 is 2.04 bits per heavy atom. The molecule has 0 amide bonds. The third-order valence-corrected chi connectivity index (χ3v) is 4.25. The van der Waals surface area contributed by atoms with Crippen molar-refractivity contribution in [3.63, 3.8) is 0 Å². The van der Waals surface area contributed by atoms with Gasteiger partial charge in [-0.2, -0.15) is 0 Å². The van der Waals surface area contributed by atoms with Gasteiger partial charge in [0, 0.05) is 32.4 Å². The van der Waals surface area contributed by atoms with Crippen LogP contribution in [0.25, 0.3) is 0 Å². The Labute approximate surface area is 147 Å². The Balaban J connectivity index is 1.86. The molecule has 6 heteroatoms. The highest BCUT2D eigenvalue weighted by molar-refractivity contribution is 6.30. The fourth-order valence-electron chi connectivity index (χ4n) is 2.19. The van der Waals surface area contributed by atoms with E-state index in [1.54, 1.807) is 6.07 Å². The van der Waals surface area contributed by atoms with E-state index in [0.29, 0.717) is 24.7 Å². The first-order valence-electron chi connectivity index (χ1n) is 7.90. The second-order valence-electron chi connectivity index (χ2n) is 6.05. The van der Waals surface area contributed by atoms with Crippen molar-refractivity contribution in [1.29, 1.82) is 0 Å². The van der Waals surface area contributed by atoms with Crippen LogP contribution in [0.3, 0.4) is 0 Å². The number of nitrogens with zero attached hydrogens (tertiary/aromatic N) is 2. The Morgan fingerprint density at radius 3 is 2.62 bits per heavy atom. The van der Waals surface area contributed by atoms with Gasteiger partial charge in [0.1, 0.15) is 11.6 Å². The van der Waals surface area contributed by atoms with Crippen molar-refractivity contribution in [2.45, 2.75) is 32.5 Å². The van der Waals surface area contributed by atoms with Gasteiger partial charge in [-0.05, 0) is 43.2 Å². The third-order valence-electron chi connectivity index (χ3n) is 3.94. The maximum atomic E-state index is 13.4. The number of aliphatic hydroxyl groups is 1. The Morgan fingerprint density at radius 1 is 1.29 bits per heavy atom. The Hall–Kier alpha value is -1.69. The lowest BCUT2D eigenvalue weighted by Crippen LogP contribution is -2.26. The second-order valence-corrected chi connectivity index (χ2v) is 6.46. The normalized spacial score (nSPS) is 12.5. The van der Waals surface area contributed by atoms with Crippen molar-refractivity contribution >= 4 is 17.4 Å². The number of nitrogens with one attached hydrogen (secondary N) is 1. The van der Waals surface area contributed by atoms with Crippen LogP contribution in [0.1, 0.15) is 31.1 Å². The summed E-state index contributed by atoms with van der Waals surface area (Å²) in [5, 5.41) is 13.3. The Kier molecular flexibility index (Phi) is 6.54. The highest BCUT2D eigenvalue weighted by Gasteiger charge is 2.10. The van der Waals surface area contributed by atoms with Crippen LogP contribution in [0.2, 0.25) is 5.02 Å². The molecule has 2 N–H and O–H groups in total. The maximum Gasteiger partial charge on any atom is 0.142 e. The molecule has 1 aromatic heterocycles. The van der Waals surface area contributed by atoms with E-state index < -0.39 is 11.9 Å². The van der Waals surface area contributed by atoms with Crippen molar-refractivity contribution in [3.05, 3.63) is 58.5 Å². The average molecular weight is 352 g/mol. The molecule has 0 aliphatic heterocycles. The first-order valence-corrected chi connectivity index (χ1v) is 8.27. The summed E-state index contributed by atoms with van der Waals surface area (Å²) in [6.45, 7) is 5.11. The van der Waals surface area contributed by atoms with Crippen LogP contribution in [0.4, 0.5) is 10.2 Å². The molecule has 2 rings (SSSR count). The molecule has 1 atom stereocenters. The van der Waals surface area contributed by atoms with Crippen LogP contribution in [0.5, 0.6) is 0 Å². The lowest BCUT2D eigenvalue weighted by Gasteiger charge is -2.22. The van der Waals surface area contributed by atoms with Crippen LogP contribution in [0, 0.1) is 5.82 Å². The number of rotatable bonds is 7. The lowest BCUT2D eigenvalue weighted by molar-refractivity contribution is 0.174. The molecular formula is C18H23ClFN3O. The third kappa shape index (κ3) is 4.90. The minimum absolute atomic E-state index is 0.0523. The van der Waals surface area contributed by atoms with Gasteiger partial charge >= 0.3 is 0 Å². The van der Waals surface area contributed by atoms with Gasteiger partial charge in [0.25, 0.3) is 0 Å². The molecule has 0 aliphatic rings. The molecular weight excluding hydrogens is 329 g/mol. The van der Waals surface area contributed by atoms with E-state index in [-0.39, 0.29) is 5.02 Å². The first-order chi connectivity index (χ1) is 11.4. The number of aromatic nitrogens is 1.